The number of nitrogens with zero attached hydrogens (tertiary/aromatic N) is 4. The van der Waals surface area contributed by atoms with Gasteiger partial charge >= 0.3 is 20.8 Å². The number of nitrogens with one attached hydrogen (secondary N) is 2. The van der Waals surface area contributed by atoms with Crippen molar-refractivity contribution in [1.82, 2.24) is 10.6 Å². The van der Waals surface area contributed by atoms with E-state index in [0.717, 1.165) is 37.9 Å². The van der Waals surface area contributed by atoms with Crippen molar-refractivity contribution in [3.8, 4) is 0 Å². The van der Waals surface area contributed by atoms with Crippen molar-refractivity contribution in [2.24, 2.45) is 20.2 Å². The fraction of sp³-hybridized carbons (Fsp3) is 0.833. The predicted molar refractivity (Wildman–Crippen MR) is 101 cm³/mol. The van der Waals surface area contributed by atoms with Crippen LogP contribution in [0.3, 0.4) is 0 Å². The average molecular weight is 447 g/mol. The molecule has 2 heterocycles. The minimum absolute atomic E-state index is 0. The molecule has 14 nitrogen and oxygen atoms in total. The first kappa shape index (κ1) is 26.3. The van der Waals surface area contributed by atoms with Crippen LogP contribution in [-0.4, -0.2) is 80.3 Å². The molecule has 28 heavy (non-hydrogen) atoms. The third-order valence-corrected chi connectivity index (χ3v) is 4.61. The smallest absolute Gasteiger partial charge is 0.412 e. The maximum absolute atomic E-state index is 9.44. The minimum Gasteiger partial charge on any atom is -0.412 e. The van der Waals surface area contributed by atoms with Crippen LogP contribution in [-0.2, 0) is 24.4 Å². The maximum Gasteiger partial charge on any atom is 0.413 e. The Kier molecular flexibility index (Phi) is 9.07. The summed E-state index contributed by atoms with van der Waals surface area (Å²) in [6.45, 7) is 11.5. The second-order valence-corrected chi connectivity index (χ2v) is 8.81. The molecule has 2 rings (SSSR count). The van der Waals surface area contributed by atoms with Crippen LogP contribution in [0.2, 0.25) is 0 Å². The van der Waals surface area contributed by atoms with Crippen LogP contribution in [0, 0.1) is 0 Å². The molecule has 0 atom stereocenters. The molecule has 16 heteroatoms. The fourth-order valence-corrected chi connectivity index (χ4v) is 2.94. The Morgan fingerprint density at radius 2 is 1.18 bits per heavy atom. The second-order valence-electron chi connectivity index (χ2n) is 6.56. The summed E-state index contributed by atoms with van der Waals surface area (Å²) in [5.74, 6) is 1.84. The molecule has 0 amide bonds. The van der Waals surface area contributed by atoms with Gasteiger partial charge in [-0.15, -0.1) is 3.63 Å². The number of amidine groups is 2. The first-order valence-electron chi connectivity index (χ1n) is 7.80. The molecule has 0 aromatic carbocycles. The molecule has 0 aromatic rings. The van der Waals surface area contributed by atoms with Crippen LogP contribution in [0.15, 0.2) is 20.2 Å². The average Bonchev–Trinajstić information content (AvgIpc) is 3.15. The normalized spacial score (nSPS) is 17.6. The lowest BCUT2D eigenvalue weighted by molar-refractivity contribution is 0.344. The van der Waals surface area contributed by atoms with Crippen LogP contribution in [0.4, 0.5) is 0 Å². The van der Waals surface area contributed by atoms with E-state index in [1.54, 1.807) is 0 Å². The lowest BCUT2D eigenvalue weighted by atomic mass is 10.0. The monoisotopic (exact) mass is 446 g/mol. The molecule has 0 bridgehead atoms. The number of aliphatic imine (C=N–C) groups is 2. The zero-order valence-electron chi connectivity index (χ0n) is 15.9. The summed E-state index contributed by atoms with van der Waals surface area (Å²) in [6.07, 6.45) is 0. The van der Waals surface area contributed by atoms with Crippen LogP contribution < -0.4 is 10.6 Å². The Labute approximate surface area is 163 Å². The summed E-state index contributed by atoms with van der Waals surface area (Å²) in [5, 5.41) is 15.4. The van der Waals surface area contributed by atoms with Gasteiger partial charge in [-0.25, -0.2) is 0 Å². The van der Waals surface area contributed by atoms with Gasteiger partial charge in [0, 0.05) is 13.1 Å². The van der Waals surface area contributed by atoms with Crippen molar-refractivity contribution >= 4 is 32.5 Å². The molecular weight excluding hydrogens is 420 g/mol. The van der Waals surface area contributed by atoms with Crippen molar-refractivity contribution in [3.05, 3.63) is 0 Å². The van der Waals surface area contributed by atoms with Crippen molar-refractivity contribution in [1.29, 1.82) is 0 Å². The summed E-state index contributed by atoms with van der Waals surface area (Å²) in [6, 6.07) is 0. The van der Waals surface area contributed by atoms with Crippen molar-refractivity contribution in [2.75, 3.05) is 26.2 Å². The van der Waals surface area contributed by atoms with Gasteiger partial charge in [-0.05, 0) is 27.7 Å². The summed E-state index contributed by atoms with van der Waals surface area (Å²) in [7, 11) is -10.2. The zero-order chi connectivity index (χ0) is 20.9. The van der Waals surface area contributed by atoms with E-state index >= 15 is 0 Å². The highest BCUT2D eigenvalue weighted by Crippen LogP contribution is 2.19. The predicted octanol–water partition coefficient (Wildman–Crippen LogP) is -1.22. The molecule has 0 unspecified atom stereocenters. The molecule has 0 aromatic heterocycles. The molecule has 6 N–H and O–H groups in total. The van der Waals surface area contributed by atoms with Gasteiger partial charge < -0.3 is 16.1 Å². The Balaban J connectivity index is 0.000000627. The van der Waals surface area contributed by atoms with Gasteiger partial charge in [-0.3, -0.25) is 19.1 Å². The lowest BCUT2D eigenvalue weighted by Crippen LogP contribution is -2.41. The summed E-state index contributed by atoms with van der Waals surface area (Å²) in [4.78, 5) is 8.82. The molecule has 0 spiro atoms. The molecule has 164 valence electrons. The number of hydrogen-bond acceptors (Lipinski definition) is 11. The molecule has 0 fully saturated rings. The van der Waals surface area contributed by atoms with Gasteiger partial charge in [0.05, 0.1) is 13.1 Å². The van der Waals surface area contributed by atoms with Crippen LogP contribution in [0.5, 0.6) is 0 Å². The van der Waals surface area contributed by atoms with Crippen LogP contribution in [0.25, 0.3) is 0 Å². The summed E-state index contributed by atoms with van der Waals surface area (Å²) in [5.41, 5.74) is -0.792. The van der Waals surface area contributed by atoms with Crippen LogP contribution in [0.1, 0.15) is 27.7 Å². The quantitative estimate of drug-likeness (QED) is 0.283. The van der Waals surface area contributed by atoms with E-state index in [4.69, 9.17) is 9.11 Å². The summed E-state index contributed by atoms with van der Waals surface area (Å²) >= 11 is 0. The molecule has 0 radical (unpaired) electrons. The first-order valence-corrected chi connectivity index (χ1v) is 10.5. The van der Waals surface area contributed by atoms with Crippen molar-refractivity contribution in [3.63, 3.8) is 0 Å². The third-order valence-electron chi connectivity index (χ3n) is 3.23. The Hall–Kier alpha value is -1.72. The van der Waals surface area contributed by atoms with Crippen molar-refractivity contribution in [2.45, 2.75) is 38.8 Å². The van der Waals surface area contributed by atoms with Gasteiger partial charge in [-0.2, -0.15) is 27.1 Å². The van der Waals surface area contributed by atoms with E-state index in [1.807, 2.05) is 27.7 Å². The number of hydrogen-bond donors (Lipinski definition) is 4. The SMILES string of the molecule is CC(C)(N=NC(C)(C)C1=NCCN1)C1=NCCN1.O.O=S(=O)(O)OS(=O)(=O)O. The molecule has 2 aliphatic rings. The van der Waals surface area contributed by atoms with E-state index in [-0.39, 0.29) is 5.48 Å². The van der Waals surface area contributed by atoms with Gasteiger partial charge in [0.1, 0.15) is 22.7 Å². The third kappa shape index (κ3) is 9.47. The molecule has 0 saturated heterocycles. The highest BCUT2D eigenvalue weighted by atomic mass is 32.3. The highest BCUT2D eigenvalue weighted by molar-refractivity contribution is 7.94. The maximum atomic E-state index is 9.44. The topological polar surface area (TPSA) is 223 Å². The summed E-state index contributed by atoms with van der Waals surface area (Å²) < 4.78 is 55.6. The van der Waals surface area contributed by atoms with E-state index in [2.05, 4.69) is 34.5 Å². The van der Waals surface area contributed by atoms with Gasteiger partial charge in [0.25, 0.3) is 0 Å². The molecule has 0 aliphatic carbocycles. The molecular formula is C12H26N6O8S2. The van der Waals surface area contributed by atoms with E-state index in [0.29, 0.717) is 0 Å². The molecule has 2 aliphatic heterocycles. The largest absolute Gasteiger partial charge is 0.413 e. The van der Waals surface area contributed by atoms with E-state index in [9.17, 15) is 16.8 Å². The fourth-order valence-electron chi connectivity index (χ4n) is 2.07. The Bertz CT molecular complexity index is 764. The first-order chi connectivity index (χ1) is 12.1. The number of rotatable bonds is 6. The Morgan fingerprint density at radius 3 is 1.36 bits per heavy atom. The Morgan fingerprint density at radius 1 is 0.857 bits per heavy atom. The van der Waals surface area contributed by atoms with E-state index in [1.165, 1.54) is 0 Å². The van der Waals surface area contributed by atoms with Crippen molar-refractivity contribution < 1.29 is 35.0 Å². The second kappa shape index (κ2) is 9.66. The van der Waals surface area contributed by atoms with Crippen LogP contribution >= 0.6 is 0 Å². The van der Waals surface area contributed by atoms with Gasteiger partial charge in [-0.1, -0.05) is 0 Å². The highest BCUT2D eigenvalue weighted by Gasteiger charge is 2.31. The van der Waals surface area contributed by atoms with Gasteiger partial charge in [0.15, 0.2) is 0 Å². The molecule has 0 saturated carbocycles. The zero-order valence-corrected chi connectivity index (χ0v) is 17.5. The minimum atomic E-state index is -5.12. The van der Waals surface area contributed by atoms with E-state index < -0.39 is 31.9 Å². The lowest BCUT2D eigenvalue weighted by Gasteiger charge is -2.23. The van der Waals surface area contributed by atoms with Gasteiger partial charge in [0.2, 0.25) is 0 Å². The standard InChI is InChI=1S/C12H22N6.H2O7S2.H2O/c1-11(2,9-13-5-6-14-9)17-18-12(3,4)10-15-7-8-16-10;1-8(2,3)7-9(4,5)6;/h5-8H2,1-4H3,(H,13,14)(H,15,16);(H,1,2,3)(H,4,5,6);1H2. The number of azo groups is 1.